The summed E-state index contributed by atoms with van der Waals surface area (Å²) in [4.78, 5) is 38.4. The molecule has 1 N–H and O–H groups in total. The lowest BCUT2D eigenvalue weighted by atomic mass is 10.2. The number of imide groups is 1. The highest BCUT2D eigenvalue weighted by Crippen LogP contribution is 2.34. The van der Waals surface area contributed by atoms with Crippen LogP contribution in [0.3, 0.4) is 0 Å². The molecule has 0 radical (unpaired) electrons. The lowest BCUT2D eigenvalue weighted by molar-refractivity contribution is -0.127. The van der Waals surface area contributed by atoms with Crippen molar-refractivity contribution in [2.45, 2.75) is 6.92 Å². The molecule has 0 bridgehead atoms. The van der Waals surface area contributed by atoms with Crippen LogP contribution >= 0.6 is 43.6 Å². The summed E-state index contributed by atoms with van der Waals surface area (Å²) < 4.78 is 6.93. The number of halogens is 2. The number of para-hydroxylation sites is 1. The van der Waals surface area contributed by atoms with Crippen LogP contribution < -0.4 is 10.1 Å². The van der Waals surface area contributed by atoms with Gasteiger partial charge >= 0.3 is 0 Å². The van der Waals surface area contributed by atoms with Crippen molar-refractivity contribution in [2.24, 2.45) is 0 Å². The standard InChI is InChI=1S/C20H16Br2N2O4S/c1-2-28-16-8-7-12(9-14(16)22)10-17-19(26)24(20(27)29-17)11-18(25)23-15-6-4-3-5-13(15)21/h3-10H,2,11H2,1H3,(H,23,25)/b17-10-. The summed E-state index contributed by atoms with van der Waals surface area (Å²) in [6, 6.07) is 12.5. The van der Waals surface area contributed by atoms with Gasteiger partial charge in [-0.2, -0.15) is 0 Å². The molecule has 1 aliphatic heterocycles. The molecule has 3 rings (SSSR count). The number of amides is 3. The van der Waals surface area contributed by atoms with Gasteiger partial charge in [-0.25, -0.2) is 0 Å². The summed E-state index contributed by atoms with van der Waals surface area (Å²) in [6.45, 7) is 2.08. The van der Waals surface area contributed by atoms with E-state index in [0.717, 1.165) is 26.7 Å². The fourth-order valence-corrected chi connectivity index (χ4v) is 4.30. The highest BCUT2D eigenvalue weighted by atomic mass is 79.9. The second kappa shape index (κ2) is 9.60. The first-order chi connectivity index (χ1) is 13.9. The molecular formula is C20H16Br2N2O4S. The fraction of sp³-hybridized carbons (Fsp3) is 0.150. The highest BCUT2D eigenvalue weighted by molar-refractivity contribution is 9.11. The number of nitrogens with zero attached hydrogens (tertiary/aromatic N) is 1. The Morgan fingerprint density at radius 2 is 1.93 bits per heavy atom. The van der Waals surface area contributed by atoms with Crippen molar-refractivity contribution in [1.82, 2.24) is 4.90 Å². The van der Waals surface area contributed by atoms with Gasteiger partial charge in [0, 0.05) is 4.47 Å². The van der Waals surface area contributed by atoms with Gasteiger partial charge in [0.2, 0.25) is 5.91 Å². The number of benzene rings is 2. The first-order valence-corrected chi connectivity index (χ1v) is 11.0. The van der Waals surface area contributed by atoms with E-state index in [1.807, 2.05) is 13.0 Å². The van der Waals surface area contributed by atoms with Crippen LogP contribution in [-0.2, 0) is 9.59 Å². The highest BCUT2D eigenvalue weighted by Gasteiger charge is 2.36. The van der Waals surface area contributed by atoms with Crippen LogP contribution in [0.5, 0.6) is 5.75 Å². The maximum atomic E-state index is 12.6. The second-order valence-electron chi connectivity index (χ2n) is 5.92. The summed E-state index contributed by atoms with van der Waals surface area (Å²) in [5.41, 5.74) is 1.31. The lowest BCUT2D eigenvalue weighted by Gasteiger charge is -2.13. The van der Waals surface area contributed by atoms with Gasteiger partial charge in [-0.05, 0) is 86.5 Å². The summed E-state index contributed by atoms with van der Waals surface area (Å²) in [5.74, 6) is -0.252. The molecule has 6 nitrogen and oxygen atoms in total. The molecule has 0 atom stereocenters. The van der Waals surface area contributed by atoms with Gasteiger partial charge in [0.15, 0.2) is 0 Å². The molecule has 0 aliphatic carbocycles. The third kappa shape index (κ3) is 5.29. The van der Waals surface area contributed by atoms with Crippen LogP contribution in [0, 0.1) is 0 Å². The summed E-state index contributed by atoms with van der Waals surface area (Å²) in [7, 11) is 0. The van der Waals surface area contributed by atoms with Gasteiger partial charge in [-0.3, -0.25) is 19.3 Å². The van der Waals surface area contributed by atoms with E-state index < -0.39 is 17.1 Å². The van der Waals surface area contributed by atoms with Gasteiger partial charge in [0.05, 0.1) is 21.7 Å². The topological polar surface area (TPSA) is 75.7 Å². The first kappa shape index (κ1) is 21.6. The minimum atomic E-state index is -0.493. The molecular weight excluding hydrogens is 524 g/mol. The Morgan fingerprint density at radius 1 is 1.17 bits per heavy atom. The second-order valence-corrected chi connectivity index (χ2v) is 8.62. The van der Waals surface area contributed by atoms with Crippen molar-refractivity contribution >= 4 is 72.4 Å². The predicted octanol–water partition coefficient (Wildman–Crippen LogP) is 5.29. The molecule has 0 unspecified atom stereocenters. The molecule has 1 heterocycles. The van der Waals surface area contributed by atoms with E-state index in [9.17, 15) is 14.4 Å². The Balaban J connectivity index is 1.71. The Morgan fingerprint density at radius 3 is 2.62 bits per heavy atom. The number of rotatable bonds is 6. The largest absolute Gasteiger partial charge is 0.493 e. The number of ether oxygens (including phenoxy) is 1. The zero-order chi connectivity index (χ0) is 21.0. The van der Waals surface area contributed by atoms with E-state index in [4.69, 9.17) is 4.74 Å². The van der Waals surface area contributed by atoms with E-state index in [0.29, 0.717) is 22.5 Å². The van der Waals surface area contributed by atoms with Crippen molar-refractivity contribution < 1.29 is 19.1 Å². The van der Waals surface area contributed by atoms with Crippen LogP contribution in [0.25, 0.3) is 6.08 Å². The number of nitrogens with one attached hydrogen (secondary N) is 1. The maximum Gasteiger partial charge on any atom is 0.294 e. The number of hydrogen-bond acceptors (Lipinski definition) is 5. The Bertz CT molecular complexity index is 1010. The van der Waals surface area contributed by atoms with Crippen molar-refractivity contribution in [3.63, 3.8) is 0 Å². The van der Waals surface area contributed by atoms with E-state index in [1.165, 1.54) is 0 Å². The van der Waals surface area contributed by atoms with Crippen molar-refractivity contribution in [3.8, 4) is 5.75 Å². The van der Waals surface area contributed by atoms with Gasteiger partial charge < -0.3 is 10.1 Å². The average Bonchev–Trinajstić information content (AvgIpc) is 2.93. The quantitative estimate of drug-likeness (QED) is 0.505. The van der Waals surface area contributed by atoms with Crippen LogP contribution in [-0.4, -0.2) is 35.1 Å². The zero-order valence-electron chi connectivity index (χ0n) is 15.3. The number of carbonyl (C=O) groups excluding carboxylic acids is 3. The van der Waals surface area contributed by atoms with Gasteiger partial charge in [-0.1, -0.05) is 18.2 Å². The molecule has 9 heteroatoms. The molecule has 1 saturated heterocycles. The molecule has 29 heavy (non-hydrogen) atoms. The van der Waals surface area contributed by atoms with Crippen molar-refractivity contribution in [2.75, 3.05) is 18.5 Å². The van der Waals surface area contributed by atoms with Gasteiger partial charge in [0.1, 0.15) is 12.3 Å². The molecule has 0 saturated carbocycles. The minimum absolute atomic E-state index is 0.264. The molecule has 0 spiro atoms. The minimum Gasteiger partial charge on any atom is -0.493 e. The fourth-order valence-electron chi connectivity index (χ4n) is 2.56. The molecule has 2 aromatic carbocycles. The third-order valence-electron chi connectivity index (χ3n) is 3.88. The number of thioether (sulfide) groups is 1. The molecule has 1 fully saturated rings. The zero-order valence-corrected chi connectivity index (χ0v) is 19.3. The summed E-state index contributed by atoms with van der Waals surface area (Å²) in [5, 5.41) is 2.21. The van der Waals surface area contributed by atoms with Crippen molar-refractivity contribution in [1.29, 1.82) is 0 Å². The normalized spacial score (nSPS) is 15.1. The number of hydrogen-bond donors (Lipinski definition) is 1. The molecule has 1 aliphatic rings. The van der Waals surface area contributed by atoms with Crippen LogP contribution in [0.15, 0.2) is 56.3 Å². The van der Waals surface area contributed by atoms with E-state index in [1.54, 1.807) is 42.5 Å². The molecule has 2 aromatic rings. The lowest BCUT2D eigenvalue weighted by Crippen LogP contribution is -2.36. The smallest absolute Gasteiger partial charge is 0.294 e. The SMILES string of the molecule is CCOc1ccc(/C=C2\SC(=O)N(CC(=O)Nc3ccccc3Br)C2=O)cc1Br. The maximum absolute atomic E-state index is 12.6. The average molecular weight is 540 g/mol. The monoisotopic (exact) mass is 538 g/mol. The van der Waals surface area contributed by atoms with E-state index >= 15 is 0 Å². The third-order valence-corrected chi connectivity index (χ3v) is 6.10. The Labute approximate surface area is 188 Å². The summed E-state index contributed by atoms with van der Waals surface area (Å²) >= 11 is 7.58. The number of carbonyl (C=O) groups is 3. The Hall–Kier alpha value is -2.10. The van der Waals surface area contributed by atoms with E-state index in [-0.39, 0.29) is 11.4 Å². The Kier molecular flexibility index (Phi) is 7.15. The molecule has 150 valence electrons. The van der Waals surface area contributed by atoms with Crippen LogP contribution in [0.1, 0.15) is 12.5 Å². The van der Waals surface area contributed by atoms with Gasteiger partial charge in [-0.15, -0.1) is 0 Å². The van der Waals surface area contributed by atoms with Gasteiger partial charge in [0.25, 0.3) is 11.1 Å². The molecule has 3 amide bonds. The first-order valence-electron chi connectivity index (χ1n) is 8.61. The van der Waals surface area contributed by atoms with Crippen LogP contribution in [0.2, 0.25) is 0 Å². The van der Waals surface area contributed by atoms with Crippen LogP contribution in [0.4, 0.5) is 10.5 Å². The van der Waals surface area contributed by atoms with E-state index in [2.05, 4.69) is 37.2 Å². The number of anilines is 1. The molecule has 0 aromatic heterocycles. The van der Waals surface area contributed by atoms with Crippen molar-refractivity contribution in [3.05, 3.63) is 61.9 Å². The predicted molar refractivity (Wildman–Crippen MR) is 121 cm³/mol. The summed E-state index contributed by atoms with van der Waals surface area (Å²) in [6.07, 6.45) is 1.62.